The largest absolute Gasteiger partial charge is 0.445 e. The number of rotatable bonds is 5. The molecule has 1 aromatic heterocycles. The molecular weight excluding hydrogens is 397 g/mol. The van der Waals surface area contributed by atoms with Gasteiger partial charge >= 0.3 is 11.8 Å². The Hall–Kier alpha value is -2.56. The fourth-order valence-electron chi connectivity index (χ4n) is 1.77. The molecule has 1 amide bonds. The van der Waals surface area contributed by atoms with Crippen molar-refractivity contribution in [2.75, 3.05) is 6.61 Å². The molecule has 0 saturated carbocycles. The fraction of sp³-hybridized carbons (Fsp3) is 0.154. The van der Waals surface area contributed by atoms with Crippen LogP contribution in [0.2, 0.25) is 0 Å². The molecule has 0 radical (unpaired) electrons. The van der Waals surface area contributed by atoms with E-state index in [4.69, 9.17) is 5.73 Å². The van der Waals surface area contributed by atoms with Crippen LogP contribution < -0.4 is 11.4 Å². The van der Waals surface area contributed by atoms with E-state index < -0.39 is 30.0 Å². The van der Waals surface area contributed by atoms with Crippen LogP contribution in [0.1, 0.15) is 0 Å². The molecule has 11 heteroatoms. The fourth-order valence-corrected chi connectivity index (χ4v) is 2.00. The number of halogens is 4. The van der Waals surface area contributed by atoms with Crippen molar-refractivity contribution in [1.82, 2.24) is 14.3 Å². The number of ether oxygens (including phenoxy) is 1. The Bertz CT molecular complexity index is 839. The van der Waals surface area contributed by atoms with Gasteiger partial charge in [-0.3, -0.25) is 0 Å². The van der Waals surface area contributed by atoms with Crippen LogP contribution in [0.25, 0.3) is 5.69 Å². The van der Waals surface area contributed by atoms with Crippen LogP contribution in [0.3, 0.4) is 0 Å². The van der Waals surface area contributed by atoms with E-state index in [0.717, 1.165) is 27.7 Å². The summed E-state index contributed by atoms with van der Waals surface area (Å²) in [5.74, 6) is -1.80. The first-order valence-corrected chi connectivity index (χ1v) is 7.12. The Kier molecular flexibility index (Phi) is 5.44. The molecule has 2 N–H and O–H groups in total. The molecule has 2 rings (SSSR count). The number of nitrogens with two attached hydrogens (primary N) is 1. The van der Waals surface area contributed by atoms with Crippen LogP contribution >= 0.6 is 15.9 Å². The van der Waals surface area contributed by atoms with Gasteiger partial charge < -0.3 is 10.5 Å². The zero-order valence-electron chi connectivity index (χ0n) is 11.9. The third kappa shape index (κ3) is 3.85. The molecule has 7 nitrogen and oxygen atoms in total. The average Bonchev–Trinajstić information content (AvgIpc) is 2.89. The van der Waals surface area contributed by atoms with Crippen molar-refractivity contribution in [2.24, 2.45) is 5.73 Å². The SMILES string of the molecule is NC(=O)OC/C(=C\F)Cn1ncn(-c2cc(F)c(Br)c(F)c2)c1=O. The summed E-state index contributed by atoms with van der Waals surface area (Å²) in [7, 11) is 0. The number of carbonyl (C=O) groups excluding carboxylic acids is 1. The second kappa shape index (κ2) is 7.34. The summed E-state index contributed by atoms with van der Waals surface area (Å²) in [6.07, 6.45) is 0.0656. The topological polar surface area (TPSA) is 92.1 Å². The third-order valence-electron chi connectivity index (χ3n) is 2.89. The summed E-state index contributed by atoms with van der Waals surface area (Å²) >= 11 is 2.72. The predicted octanol–water partition coefficient (Wildman–Crippen LogP) is 2.02. The summed E-state index contributed by atoms with van der Waals surface area (Å²) in [6, 6.07) is 1.87. The number of primary amides is 1. The molecule has 128 valence electrons. The first-order valence-electron chi connectivity index (χ1n) is 6.33. The van der Waals surface area contributed by atoms with Gasteiger partial charge in [-0.2, -0.15) is 5.10 Å². The lowest BCUT2D eigenvalue weighted by Crippen LogP contribution is -2.26. The van der Waals surface area contributed by atoms with Gasteiger partial charge in [0.2, 0.25) is 0 Å². The van der Waals surface area contributed by atoms with Crippen molar-refractivity contribution in [3.8, 4) is 5.69 Å². The summed E-state index contributed by atoms with van der Waals surface area (Å²) in [5.41, 5.74) is 3.81. The smallest absolute Gasteiger partial charge is 0.404 e. The highest BCUT2D eigenvalue weighted by molar-refractivity contribution is 9.10. The number of hydrogen-bond donors (Lipinski definition) is 1. The molecular formula is C13H10BrF3N4O3. The van der Waals surface area contributed by atoms with Gasteiger partial charge in [0.25, 0.3) is 0 Å². The first-order chi connectivity index (χ1) is 11.3. The van der Waals surface area contributed by atoms with E-state index >= 15 is 0 Å². The highest BCUT2D eigenvalue weighted by atomic mass is 79.9. The zero-order valence-corrected chi connectivity index (χ0v) is 13.5. The second-order valence-corrected chi connectivity index (χ2v) is 5.33. The quantitative estimate of drug-likeness (QED) is 0.768. The molecule has 1 aromatic carbocycles. The Labute approximate surface area is 141 Å². The van der Waals surface area contributed by atoms with E-state index in [1.54, 1.807) is 0 Å². The van der Waals surface area contributed by atoms with Crippen LogP contribution in [0, 0.1) is 11.6 Å². The summed E-state index contributed by atoms with van der Waals surface area (Å²) in [6.45, 7) is -0.802. The van der Waals surface area contributed by atoms with Crippen LogP contribution in [0.15, 0.2) is 39.6 Å². The Morgan fingerprint density at radius 1 is 1.38 bits per heavy atom. The normalized spacial score (nSPS) is 11.6. The van der Waals surface area contributed by atoms with Gasteiger partial charge in [-0.25, -0.2) is 32.0 Å². The number of nitrogens with zero attached hydrogens (tertiary/aromatic N) is 3. The zero-order chi connectivity index (χ0) is 17.9. The van der Waals surface area contributed by atoms with Crippen molar-refractivity contribution in [3.63, 3.8) is 0 Å². The number of amides is 1. The van der Waals surface area contributed by atoms with Crippen molar-refractivity contribution < 1.29 is 22.7 Å². The highest BCUT2D eigenvalue weighted by Gasteiger charge is 2.14. The molecule has 0 atom stereocenters. The molecule has 0 spiro atoms. The molecule has 24 heavy (non-hydrogen) atoms. The van der Waals surface area contributed by atoms with Gasteiger partial charge in [-0.05, 0) is 28.1 Å². The molecule has 0 aliphatic carbocycles. The molecule has 0 aliphatic heterocycles. The van der Waals surface area contributed by atoms with Gasteiger partial charge in [0, 0.05) is 5.57 Å². The van der Waals surface area contributed by atoms with Gasteiger partial charge in [-0.1, -0.05) is 0 Å². The molecule has 2 aromatic rings. The maximum atomic E-state index is 13.6. The predicted molar refractivity (Wildman–Crippen MR) is 80.2 cm³/mol. The Balaban J connectivity index is 2.29. The number of aromatic nitrogens is 3. The van der Waals surface area contributed by atoms with E-state index in [1.165, 1.54) is 0 Å². The van der Waals surface area contributed by atoms with Crippen molar-refractivity contribution in [1.29, 1.82) is 0 Å². The number of carbonyl (C=O) groups is 1. The molecule has 0 aliphatic rings. The third-order valence-corrected chi connectivity index (χ3v) is 3.64. The molecule has 0 fully saturated rings. The second-order valence-electron chi connectivity index (χ2n) is 4.54. The Morgan fingerprint density at radius 3 is 2.54 bits per heavy atom. The maximum Gasteiger partial charge on any atom is 0.404 e. The summed E-state index contributed by atoms with van der Waals surface area (Å²) in [5, 5.41) is 3.72. The van der Waals surface area contributed by atoms with Crippen molar-refractivity contribution in [2.45, 2.75) is 6.54 Å². The van der Waals surface area contributed by atoms with Crippen molar-refractivity contribution in [3.05, 3.63) is 57.0 Å². The Morgan fingerprint density at radius 2 is 2.00 bits per heavy atom. The van der Waals surface area contributed by atoms with E-state index in [1.807, 2.05) is 0 Å². The lowest BCUT2D eigenvalue weighted by molar-refractivity contribution is 0.164. The van der Waals surface area contributed by atoms with E-state index in [-0.39, 0.29) is 28.6 Å². The van der Waals surface area contributed by atoms with Gasteiger partial charge in [-0.15, -0.1) is 0 Å². The lowest BCUT2D eigenvalue weighted by atomic mass is 10.3. The monoisotopic (exact) mass is 406 g/mol. The van der Waals surface area contributed by atoms with Crippen LogP contribution in [0.5, 0.6) is 0 Å². The molecule has 0 unspecified atom stereocenters. The van der Waals surface area contributed by atoms with Gasteiger partial charge in [0.15, 0.2) is 0 Å². The summed E-state index contributed by atoms with van der Waals surface area (Å²) < 4.78 is 45.6. The first kappa shape index (κ1) is 17.8. The summed E-state index contributed by atoms with van der Waals surface area (Å²) in [4.78, 5) is 22.7. The number of benzene rings is 1. The van der Waals surface area contributed by atoms with Gasteiger partial charge in [0.05, 0.1) is 23.0 Å². The van der Waals surface area contributed by atoms with E-state index in [0.29, 0.717) is 0 Å². The number of hydrogen-bond acceptors (Lipinski definition) is 4. The van der Waals surface area contributed by atoms with Crippen LogP contribution in [-0.2, 0) is 11.3 Å². The molecule has 0 saturated heterocycles. The average molecular weight is 407 g/mol. The minimum Gasteiger partial charge on any atom is -0.445 e. The van der Waals surface area contributed by atoms with E-state index in [2.05, 4.69) is 25.8 Å². The standard InChI is InChI=1S/C13H10BrF3N4O3/c14-11-9(16)1-8(2-10(11)17)20-6-19-21(13(20)23)4-7(3-15)5-24-12(18)22/h1-3,6H,4-5H2,(H2,18,22)/b7-3-. The van der Waals surface area contributed by atoms with E-state index in [9.17, 15) is 22.8 Å². The van der Waals surface area contributed by atoms with Crippen LogP contribution in [-0.4, -0.2) is 27.0 Å². The highest BCUT2D eigenvalue weighted by Crippen LogP contribution is 2.22. The molecule has 0 bridgehead atoms. The molecule has 1 heterocycles. The lowest BCUT2D eigenvalue weighted by Gasteiger charge is -2.05. The van der Waals surface area contributed by atoms with Crippen LogP contribution in [0.4, 0.5) is 18.0 Å². The van der Waals surface area contributed by atoms with Crippen molar-refractivity contribution >= 4 is 22.0 Å². The maximum absolute atomic E-state index is 13.6. The minimum absolute atomic E-state index is 0.0886. The minimum atomic E-state index is -1.10. The van der Waals surface area contributed by atoms with Gasteiger partial charge in [0.1, 0.15) is 24.6 Å².